The average molecular weight is 141 g/mol. The number of hydrogen-bond acceptors (Lipinski definition) is 3. The molecule has 48 valence electrons. The monoisotopic (exact) mass is 141 g/mol. The molecule has 0 atom stereocenters. The van der Waals surface area contributed by atoms with Gasteiger partial charge in [-0.2, -0.15) is 5.10 Å². The second kappa shape index (κ2) is 2.04. The molecule has 2 rings (SSSR count). The van der Waals surface area contributed by atoms with E-state index in [0.29, 0.717) is 0 Å². The molecule has 0 bridgehead atoms. The van der Waals surface area contributed by atoms with E-state index in [2.05, 4.69) is 9.82 Å². The molecule has 0 radical (unpaired) electrons. The van der Waals surface area contributed by atoms with Crippen molar-refractivity contribution in [3.8, 4) is 0 Å². The Morgan fingerprint density at radius 2 is 2.78 bits per heavy atom. The van der Waals surface area contributed by atoms with Crippen LogP contribution in [0.25, 0.3) is 0 Å². The van der Waals surface area contributed by atoms with Crippen LogP contribution in [-0.4, -0.2) is 16.3 Å². The summed E-state index contributed by atoms with van der Waals surface area (Å²) in [4.78, 5) is 0. The van der Waals surface area contributed by atoms with Gasteiger partial charge in [0.2, 0.25) is 0 Å². The smallest absolute Gasteiger partial charge is 0.109 e. The number of rotatable bonds is 0. The van der Waals surface area contributed by atoms with E-state index >= 15 is 0 Å². The second-order valence-electron chi connectivity index (χ2n) is 1.89. The fourth-order valence-electron chi connectivity index (χ4n) is 0.852. The van der Waals surface area contributed by atoms with Crippen molar-refractivity contribution in [2.75, 3.05) is 6.54 Å². The van der Waals surface area contributed by atoms with E-state index in [4.69, 9.17) is 0 Å². The minimum atomic E-state index is 0.995. The summed E-state index contributed by atoms with van der Waals surface area (Å²) in [5, 5.41) is 5.32. The third-order valence-electron chi connectivity index (χ3n) is 1.28. The predicted molar refractivity (Wildman–Crippen MR) is 36.1 cm³/mol. The summed E-state index contributed by atoms with van der Waals surface area (Å²) in [7, 11) is 0. The van der Waals surface area contributed by atoms with Gasteiger partial charge in [0, 0.05) is 6.54 Å². The molecule has 9 heavy (non-hydrogen) atoms. The number of nitrogens with one attached hydrogen (secondary N) is 1. The predicted octanol–water partition coefficient (Wildman–Crippen LogP) is 0.493. The minimum Gasteiger partial charge on any atom is -0.257 e. The molecule has 1 N–H and O–H groups in total. The maximum absolute atomic E-state index is 4.11. The zero-order valence-corrected chi connectivity index (χ0v) is 5.69. The van der Waals surface area contributed by atoms with Crippen molar-refractivity contribution in [3.63, 3.8) is 0 Å². The SMILES string of the molecule is c1cc2n(n1)CCNS2. The molecule has 0 aromatic carbocycles. The van der Waals surface area contributed by atoms with Gasteiger partial charge in [-0.3, -0.25) is 9.40 Å². The molecule has 1 aromatic rings. The van der Waals surface area contributed by atoms with Gasteiger partial charge >= 0.3 is 0 Å². The first-order valence-corrected chi connectivity index (χ1v) is 3.70. The summed E-state index contributed by atoms with van der Waals surface area (Å²) in [6, 6.07) is 2.01. The normalized spacial score (nSPS) is 17.3. The van der Waals surface area contributed by atoms with Crippen LogP contribution < -0.4 is 4.72 Å². The summed E-state index contributed by atoms with van der Waals surface area (Å²) >= 11 is 1.65. The van der Waals surface area contributed by atoms with Gasteiger partial charge in [-0.05, 0) is 18.0 Å². The quantitative estimate of drug-likeness (QED) is 0.533. The average Bonchev–Trinajstić information content (AvgIpc) is 2.33. The Kier molecular flexibility index (Phi) is 1.20. The van der Waals surface area contributed by atoms with Gasteiger partial charge in [-0.1, -0.05) is 0 Å². The summed E-state index contributed by atoms with van der Waals surface area (Å²) < 4.78 is 5.18. The highest BCUT2D eigenvalue weighted by Gasteiger charge is 2.06. The topological polar surface area (TPSA) is 29.9 Å². The molecule has 0 fully saturated rings. The molecule has 0 saturated heterocycles. The molecule has 1 aliphatic rings. The van der Waals surface area contributed by atoms with Crippen LogP contribution in [0.15, 0.2) is 17.3 Å². The molecule has 0 saturated carbocycles. The summed E-state index contributed by atoms with van der Waals surface area (Å²) in [5.41, 5.74) is 0. The van der Waals surface area contributed by atoms with Gasteiger partial charge in [0.15, 0.2) is 0 Å². The lowest BCUT2D eigenvalue weighted by Crippen LogP contribution is -2.20. The Hall–Kier alpha value is -0.480. The fraction of sp³-hybridized carbons (Fsp3) is 0.400. The second-order valence-corrected chi connectivity index (χ2v) is 2.80. The van der Waals surface area contributed by atoms with E-state index in [9.17, 15) is 0 Å². The van der Waals surface area contributed by atoms with Gasteiger partial charge in [-0.25, -0.2) is 0 Å². The zero-order valence-electron chi connectivity index (χ0n) is 4.87. The first-order valence-electron chi connectivity index (χ1n) is 2.88. The molecule has 0 aliphatic carbocycles. The molecular weight excluding hydrogens is 134 g/mol. The van der Waals surface area contributed by atoms with E-state index in [-0.39, 0.29) is 0 Å². The van der Waals surface area contributed by atoms with Crippen molar-refractivity contribution in [2.24, 2.45) is 0 Å². The number of nitrogens with zero attached hydrogens (tertiary/aromatic N) is 2. The Balaban J connectivity index is 2.39. The number of fused-ring (bicyclic) bond motifs is 1. The Morgan fingerprint density at radius 1 is 1.78 bits per heavy atom. The van der Waals surface area contributed by atoms with Crippen LogP contribution in [0, 0.1) is 0 Å². The molecule has 3 nitrogen and oxygen atoms in total. The lowest BCUT2D eigenvalue weighted by atomic mass is 10.6. The maximum Gasteiger partial charge on any atom is 0.109 e. The Bertz CT molecular complexity index is 187. The largest absolute Gasteiger partial charge is 0.257 e. The summed E-state index contributed by atoms with van der Waals surface area (Å²) in [6.45, 7) is 2.01. The van der Waals surface area contributed by atoms with Crippen LogP contribution in [0.1, 0.15) is 0 Å². The van der Waals surface area contributed by atoms with E-state index in [1.807, 2.05) is 16.9 Å². The van der Waals surface area contributed by atoms with E-state index in [0.717, 1.165) is 13.1 Å². The highest BCUT2D eigenvalue weighted by Crippen LogP contribution is 2.15. The van der Waals surface area contributed by atoms with E-state index < -0.39 is 0 Å². The van der Waals surface area contributed by atoms with Crippen molar-refractivity contribution >= 4 is 11.9 Å². The minimum absolute atomic E-state index is 0.995. The van der Waals surface area contributed by atoms with Crippen LogP contribution in [-0.2, 0) is 6.54 Å². The van der Waals surface area contributed by atoms with Crippen molar-refractivity contribution in [1.82, 2.24) is 14.5 Å². The van der Waals surface area contributed by atoms with Crippen molar-refractivity contribution in [1.29, 1.82) is 0 Å². The molecule has 4 heteroatoms. The highest BCUT2D eigenvalue weighted by molar-refractivity contribution is 7.97. The lowest BCUT2D eigenvalue weighted by Gasteiger charge is -2.12. The molecular formula is C5H7N3S. The third kappa shape index (κ3) is 0.840. The third-order valence-corrected chi connectivity index (χ3v) is 2.18. The standard InChI is InChI=1S/C5H7N3S/c1-2-6-8-4-3-7-9-5(1)8/h1-2,7H,3-4H2. The zero-order chi connectivity index (χ0) is 6.10. The molecule has 0 spiro atoms. The Labute approximate surface area is 57.6 Å². The first-order chi connectivity index (χ1) is 4.47. The van der Waals surface area contributed by atoms with Gasteiger partial charge in [0.05, 0.1) is 12.7 Å². The van der Waals surface area contributed by atoms with Crippen LogP contribution in [0.4, 0.5) is 0 Å². The maximum atomic E-state index is 4.11. The molecule has 2 heterocycles. The van der Waals surface area contributed by atoms with Gasteiger partial charge < -0.3 is 0 Å². The van der Waals surface area contributed by atoms with Gasteiger partial charge in [0.1, 0.15) is 5.03 Å². The first kappa shape index (κ1) is 5.32. The van der Waals surface area contributed by atoms with E-state index in [1.54, 1.807) is 11.9 Å². The van der Waals surface area contributed by atoms with Crippen molar-refractivity contribution in [3.05, 3.63) is 12.3 Å². The molecule has 1 aliphatic heterocycles. The van der Waals surface area contributed by atoms with E-state index in [1.165, 1.54) is 5.03 Å². The van der Waals surface area contributed by atoms with Crippen molar-refractivity contribution < 1.29 is 0 Å². The summed E-state index contributed by atoms with van der Waals surface area (Å²) in [5.74, 6) is 0. The highest BCUT2D eigenvalue weighted by atomic mass is 32.2. The molecule has 0 amide bonds. The van der Waals surface area contributed by atoms with Gasteiger partial charge in [-0.15, -0.1) is 0 Å². The van der Waals surface area contributed by atoms with Gasteiger partial charge in [0.25, 0.3) is 0 Å². The fourth-order valence-corrected chi connectivity index (χ4v) is 1.57. The van der Waals surface area contributed by atoms with Crippen LogP contribution in [0.2, 0.25) is 0 Å². The molecule has 0 unspecified atom stereocenters. The van der Waals surface area contributed by atoms with Crippen LogP contribution in [0.3, 0.4) is 0 Å². The Morgan fingerprint density at radius 3 is 3.67 bits per heavy atom. The van der Waals surface area contributed by atoms with Crippen molar-refractivity contribution in [2.45, 2.75) is 11.6 Å². The number of hydrogen-bond donors (Lipinski definition) is 1. The molecule has 1 aromatic heterocycles. The number of aromatic nitrogens is 2. The van der Waals surface area contributed by atoms with Crippen LogP contribution >= 0.6 is 11.9 Å². The van der Waals surface area contributed by atoms with Crippen LogP contribution in [0.5, 0.6) is 0 Å². The lowest BCUT2D eigenvalue weighted by molar-refractivity contribution is 0.550. The summed E-state index contributed by atoms with van der Waals surface area (Å²) in [6.07, 6.45) is 1.83.